The number of carbonyl (C=O) groups is 2. The van der Waals surface area contributed by atoms with E-state index in [4.69, 9.17) is 5.73 Å². The van der Waals surface area contributed by atoms with E-state index < -0.39 is 11.9 Å². The van der Waals surface area contributed by atoms with E-state index in [0.717, 1.165) is 11.3 Å². The molecule has 1 atom stereocenters. The van der Waals surface area contributed by atoms with Crippen LogP contribution in [0, 0.1) is 0 Å². The van der Waals surface area contributed by atoms with Crippen molar-refractivity contribution in [3.8, 4) is 0 Å². The van der Waals surface area contributed by atoms with Crippen molar-refractivity contribution in [2.24, 2.45) is 5.73 Å². The second kappa shape index (κ2) is 2.83. The molecule has 4 nitrogen and oxygen atoms in total. The maximum atomic E-state index is 11.1. The summed E-state index contributed by atoms with van der Waals surface area (Å²) in [6, 6.07) is -0.438. The van der Waals surface area contributed by atoms with E-state index in [1.807, 2.05) is 0 Å². The van der Waals surface area contributed by atoms with Crippen LogP contribution in [-0.4, -0.2) is 29.7 Å². The fourth-order valence-electron chi connectivity index (χ4n) is 1.67. The standard InChI is InChI=1S/C10H10N2O2/c1-12-8-5-7(13)3-2-6(8)4-9(12)10(11)14/h2-5,9H,1H3,(H2,11,14). The maximum Gasteiger partial charge on any atom is 0.244 e. The summed E-state index contributed by atoms with van der Waals surface area (Å²) in [6.45, 7) is 0. The van der Waals surface area contributed by atoms with Crippen molar-refractivity contribution in [1.82, 2.24) is 4.90 Å². The minimum Gasteiger partial charge on any atom is -0.368 e. The number of likely N-dealkylation sites (N-methyl/N-ethyl adjacent to an activating group) is 1. The van der Waals surface area contributed by atoms with Gasteiger partial charge < -0.3 is 10.6 Å². The number of hydrogen-bond donors (Lipinski definition) is 1. The molecule has 1 heterocycles. The number of rotatable bonds is 1. The van der Waals surface area contributed by atoms with Crippen LogP contribution in [-0.2, 0) is 9.59 Å². The van der Waals surface area contributed by atoms with Crippen LogP contribution in [0.3, 0.4) is 0 Å². The molecule has 2 aliphatic rings. The van der Waals surface area contributed by atoms with Gasteiger partial charge in [0.25, 0.3) is 0 Å². The number of ketones is 1. The number of carbonyl (C=O) groups excluding carboxylic acids is 2. The first kappa shape index (κ1) is 8.74. The summed E-state index contributed by atoms with van der Waals surface area (Å²) in [5.74, 6) is -0.467. The molecule has 72 valence electrons. The highest BCUT2D eigenvalue weighted by Gasteiger charge is 2.30. The predicted octanol–water partition coefficient (Wildman–Crippen LogP) is -0.265. The molecular formula is C10H10N2O2. The molecule has 1 aliphatic heterocycles. The van der Waals surface area contributed by atoms with Crippen LogP contribution in [0.5, 0.6) is 0 Å². The van der Waals surface area contributed by atoms with Crippen molar-refractivity contribution >= 4 is 11.7 Å². The Balaban J connectivity index is 2.40. The minimum absolute atomic E-state index is 0.0610. The number of nitrogens with two attached hydrogens (primary N) is 1. The van der Waals surface area contributed by atoms with Crippen molar-refractivity contribution in [1.29, 1.82) is 0 Å². The summed E-state index contributed by atoms with van der Waals surface area (Å²) in [4.78, 5) is 23.8. The van der Waals surface area contributed by atoms with Gasteiger partial charge in [-0.15, -0.1) is 0 Å². The molecule has 0 saturated carbocycles. The summed E-state index contributed by atoms with van der Waals surface area (Å²) in [5.41, 5.74) is 6.87. The van der Waals surface area contributed by atoms with E-state index in [9.17, 15) is 9.59 Å². The number of nitrogens with zero attached hydrogens (tertiary/aromatic N) is 1. The third-order valence-electron chi connectivity index (χ3n) is 2.43. The van der Waals surface area contributed by atoms with Gasteiger partial charge in [0.2, 0.25) is 5.91 Å². The van der Waals surface area contributed by atoms with Crippen LogP contribution >= 0.6 is 0 Å². The molecule has 0 aromatic carbocycles. The minimum atomic E-state index is -0.438. The average molecular weight is 190 g/mol. The highest BCUT2D eigenvalue weighted by molar-refractivity contribution is 6.03. The second-order valence-corrected chi connectivity index (χ2v) is 3.35. The van der Waals surface area contributed by atoms with Crippen molar-refractivity contribution in [2.75, 3.05) is 7.05 Å². The maximum absolute atomic E-state index is 11.1. The van der Waals surface area contributed by atoms with Gasteiger partial charge in [-0.2, -0.15) is 0 Å². The molecular weight excluding hydrogens is 180 g/mol. The van der Waals surface area contributed by atoms with Gasteiger partial charge in [-0.3, -0.25) is 9.59 Å². The Labute approximate surface area is 81.4 Å². The van der Waals surface area contributed by atoms with E-state index in [2.05, 4.69) is 0 Å². The Morgan fingerprint density at radius 3 is 2.86 bits per heavy atom. The lowest BCUT2D eigenvalue weighted by atomic mass is 10.1. The Kier molecular flexibility index (Phi) is 1.77. The highest BCUT2D eigenvalue weighted by Crippen LogP contribution is 2.28. The first-order valence-corrected chi connectivity index (χ1v) is 4.27. The first-order valence-electron chi connectivity index (χ1n) is 4.27. The second-order valence-electron chi connectivity index (χ2n) is 3.35. The van der Waals surface area contributed by atoms with Gasteiger partial charge in [0, 0.05) is 18.8 Å². The van der Waals surface area contributed by atoms with E-state index in [1.54, 1.807) is 24.1 Å². The van der Waals surface area contributed by atoms with Crippen LogP contribution in [0.25, 0.3) is 0 Å². The van der Waals surface area contributed by atoms with Gasteiger partial charge >= 0.3 is 0 Å². The predicted molar refractivity (Wildman–Crippen MR) is 51.1 cm³/mol. The molecule has 0 aromatic heterocycles. The molecule has 14 heavy (non-hydrogen) atoms. The lowest BCUT2D eigenvalue weighted by molar-refractivity contribution is -0.120. The summed E-state index contributed by atoms with van der Waals surface area (Å²) >= 11 is 0. The number of allylic oxidation sites excluding steroid dienone is 3. The number of hydrogen-bond acceptors (Lipinski definition) is 3. The molecule has 1 unspecified atom stereocenters. The average Bonchev–Trinajstić information content (AvgIpc) is 2.44. The Morgan fingerprint density at radius 2 is 2.21 bits per heavy atom. The Hall–Kier alpha value is -1.84. The van der Waals surface area contributed by atoms with E-state index in [-0.39, 0.29) is 5.78 Å². The molecule has 0 aromatic rings. The van der Waals surface area contributed by atoms with Gasteiger partial charge in [-0.1, -0.05) is 0 Å². The molecule has 2 N–H and O–H groups in total. The van der Waals surface area contributed by atoms with Gasteiger partial charge in [0.1, 0.15) is 6.04 Å². The molecule has 0 spiro atoms. The third-order valence-corrected chi connectivity index (χ3v) is 2.43. The van der Waals surface area contributed by atoms with Crippen LogP contribution in [0.1, 0.15) is 0 Å². The normalized spacial score (nSPS) is 24.5. The Bertz CT molecular complexity index is 404. The van der Waals surface area contributed by atoms with E-state index in [0.29, 0.717) is 0 Å². The fraction of sp³-hybridized carbons (Fsp3) is 0.200. The smallest absolute Gasteiger partial charge is 0.244 e. The summed E-state index contributed by atoms with van der Waals surface area (Å²) < 4.78 is 0. The fourth-order valence-corrected chi connectivity index (χ4v) is 1.67. The molecule has 4 heteroatoms. The van der Waals surface area contributed by atoms with Crippen molar-refractivity contribution in [3.63, 3.8) is 0 Å². The molecule has 0 bridgehead atoms. The molecule has 1 aliphatic carbocycles. The van der Waals surface area contributed by atoms with Crippen LogP contribution in [0.4, 0.5) is 0 Å². The molecule has 2 rings (SSSR count). The molecule has 0 radical (unpaired) electrons. The van der Waals surface area contributed by atoms with Crippen molar-refractivity contribution < 1.29 is 9.59 Å². The van der Waals surface area contributed by atoms with Crippen molar-refractivity contribution in [3.05, 3.63) is 35.6 Å². The molecule has 1 amide bonds. The van der Waals surface area contributed by atoms with Crippen LogP contribution < -0.4 is 5.73 Å². The summed E-state index contributed by atoms with van der Waals surface area (Å²) in [7, 11) is 1.75. The van der Waals surface area contributed by atoms with Gasteiger partial charge in [-0.05, 0) is 23.8 Å². The zero-order valence-electron chi connectivity index (χ0n) is 7.73. The van der Waals surface area contributed by atoms with Crippen LogP contribution in [0.2, 0.25) is 0 Å². The molecule has 0 fully saturated rings. The van der Waals surface area contributed by atoms with Gasteiger partial charge in [-0.25, -0.2) is 0 Å². The summed E-state index contributed by atoms with van der Waals surface area (Å²) in [5, 5.41) is 0. The largest absolute Gasteiger partial charge is 0.368 e. The number of fused-ring (bicyclic) bond motifs is 1. The van der Waals surface area contributed by atoms with Crippen LogP contribution in [0.15, 0.2) is 35.6 Å². The Morgan fingerprint density at radius 1 is 1.50 bits per heavy atom. The SMILES string of the molecule is CN1C2=CC(=O)C=CC2=CC1C(N)=O. The zero-order chi connectivity index (χ0) is 10.3. The van der Waals surface area contributed by atoms with E-state index in [1.165, 1.54) is 12.2 Å². The van der Waals surface area contributed by atoms with Gasteiger partial charge in [0.05, 0.1) is 0 Å². The van der Waals surface area contributed by atoms with Crippen molar-refractivity contribution in [2.45, 2.75) is 6.04 Å². The quantitative estimate of drug-likeness (QED) is 0.619. The monoisotopic (exact) mass is 190 g/mol. The van der Waals surface area contributed by atoms with Gasteiger partial charge in [0.15, 0.2) is 5.78 Å². The highest BCUT2D eigenvalue weighted by atomic mass is 16.1. The summed E-state index contributed by atoms with van der Waals surface area (Å²) in [6.07, 6.45) is 6.45. The number of amides is 1. The topological polar surface area (TPSA) is 63.4 Å². The lowest BCUT2D eigenvalue weighted by Gasteiger charge is -2.21. The van der Waals surface area contributed by atoms with E-state index >= 15 is 0 Å². The zero-order valence-corrected chi connectivity index (χ0v) is 7.73. The lowest BCUT2D eigenvalue weighted by Crippen LogP contribution is -2.37. The first-order chi connectivity index (χ1) is 6.59. The number of primary amides is 1. The molecule has 0 saturated heterocycles. The third kappa shape index (κ3) is 1.16.